The molecule has 1 atom stereocenters. The Hall–Kier alpha value is -2.08. The number of benzene rings is 1. The molecule has 6 heteroatoms. The Morgan fingerprint density at radius 3 is 2.90 bits per heavy atom. The van der Waals surface area contributed by atoms with E-state index in [0.29, 0.717) is 24.3 Å². The average molecular weight is 278 g/mol. The molecule has 2 amide bonds. The number of amides is 2. The first-order valence-electron chi connectivity index (χ1n) is 6.59. The zero-order valence-corrected chi connectivity index (χ0v) is 11.1. The highest BCUT2D eigenvalue weighted by Gasteiger charge is 2.21. The number of hydrogen-bond donors (Lipinski definition) is 3. The third kappa shape index (κ3) is 3.96. The van der Waals surface area contributed by atoms with Gasteiger partial charge in [0, 0.05) is 18.8 Å². The van der Waals surface area contributed by atoms with Gasteiger partial charge < -0.3 is 20.4 Å². The Kier molecular flexibility index (Phi) is 4.57. The molecule has 0 aromatic heterocycles. The Labute approximate surface area is 117 Å². The molecule has 1 aliphatic heterocycles. The minimum Gasteiger partial charge on any atom is -0.481 e. The van der Waals surface area contributed by atoms with Crippen molar-refractivity contribution in [3.05, 3.63) is 29.8 Å². The molecule has 1 aromatic rings. The summed E-state index contributed by atoms with van der Waals surface area (Å²) >= 11 is 0. The van der Waals surface area contributed by atoms with Crippen molar-refractivity contribution in [2.24, 2.45) is 0 Å². The minimum absolute atomic E-state index is 0.0772. The Balaban J connectivity index is 1.98. The van der Waals surface area contributed by atoms with E-state index in [4.69, 9.17) is 5.11 Å². The number of nitrogens with one attached hydrogen (secondary N) is 1. The molecule has 1 fully saturated rings. The highest BCUT2D eigenvalue weighted by atomic mass is 16.4. The SMILES string of the molecule is O=C(O)Cc1cccc(NC(=O)N2CCCC(O)C2)c1. The molecular weight excluding hydrogens is 260 g/mol. The predicted octanol–water partition coefficient (Wildman–Crippen LogP) is 1.30. The van der Waals surface area contributed by atoms with E-state index in [1.807, 2.05) is 0 Å². The highest BCUT2D eigenvalue weighted by Crippen LogP contribution is 2.15. The number of aliphatic carboxylic acids is 1. The fraction of sp³-hybridized carbons (Fsp3) is 0.429. The number of nitrogens with zero attached hydrogens (tertiary/aromatic N) is 1. The molecule has 0 radical (unpaired) electrons. The fourth-order valence-electron chi connectivity index (χ4n) is 2.28. The smallest absolute Gasteiger partial charge is 0.321 e. The van der Waals surface area contributed by atoms with Crippen LogP contribution in [-0.2, 0) is 11.2 Å². The zero-order chi connectivity index (χ0) is 14.5. The molecular formula is C14H18N2O4. The molecule has 1 unspecified atom stereocenters. The van der Waals surface area contributed by atoms with Crippen LogP contribution in [-0.4, -0.2) is 46.3 Å². The molecule has 0 saturated carbocycles. The van der Waals surface area contributed by atoms with Crippen LogP contribution in [0.4, 0.5) is 10.5 Å². The lowest BCUT2D eigenvalue weighted by atomic mass is 10.1. The summed E-state index contributed by atoms with van der Waals surface area (Å²) in [4.78, 5) is 24.3. The number of hydrogen-bond acceptors (Lipinski definition) is 3. The molecule has 2 rings (SSSR count). The fourth-order valence-corrected chi connectivity index (χ4v) is 2.28. The summed E-state index contributed by atoms with van der Waals surface area (Å²) in [7, 11) is 0. The van der Waals surface area contributed by atoms with E-state index in [1.165, 1.54) is 0 Å². The maximum absolute atomic E-state index is 12.0. The number of carbonyl (C=O) groups excluding carboxylic acids is 1. The van der Waals surface area contributed by atoms with E-state index in [1.54, 1.807) is 29.2 Å². The molecule has 0 aliphatic carbocycles. The van der Waals surface area contributed by atoms with Crippen molar-refractivity contribution in [2.75, 3.05) is 18.4 Å². The van der Waals surface area contributed by atoms with Crippen LogP contribution in [0.2, 0.25) is 0 Å². The Morgan fingerprint density at radius 1 is 1.40 bits per heavy atom. The average Bonchev–Trinajstić information content (AvgIpc) is 2.38. The maximum Gasteiger partial charge on any atom is 0.321 e. The van der Waals surface area contributed by atoms with Crippen LogP contribution in [0, 0.1) is 0 Å². The summed E-state index contributed by atoms with van der Waals surface area (Å²) < 4.78 is 0. The van der Waals surface area contributed by atoms with Crippen molar-refractivity contribution >= 4 is 17.7 Å². The van der Waals surface area contributed by atoms with Gasteiger partial charge >= 0.3 is 12.0 Å². The van der Waals surface area contributed by atoms with Gasteiger partial charge in [-0.2, -0.15) is 0 Å². The van der Waals surface area contributed by atoms with Gasteiger partial charge in [-0.1, -0.05) is 12.1 Å². The second-order valence-electron chi connectivity index (χ2n) is 4.94. The van der Waals surface area contributed by atoms with Gasteiger partial charge in [0.25, 0.3) is 0 Å². The maximum atomic E-state index is 12.0. The lowest BCUT2D eigenvalue weighted by Crippen LogP contribution is -2.44. The molecule has 0 spiro atoms. The lowest BCUT2D eigenvalue weighted by molar-refractivity contribution is -0.136. The van der Waals surface area contributed by atoms with Crippen LogP contribution in [0.1, 0.15) is 18.4 Å². The van der Waals surface area contributed by atoms with Gasteiger partial charge in [-0.3, -0.25) is 4.79 Å². The Bertz CT molecular complexity index is 504. The van der Waals surface area contributed by atoms with Crippen LogP contribution >= 0.6 is 0 Å². The molecule has 108 valence electrons. The van der Waals surface area contributed by atoms with E-state index < -0.39 is 12.1 Å². The van der Waals surface area contributed by atoms with Crippen molar-refractivity contribution in [3.63, 3.8) is 0 Å². The molecule has 1 heterocycles. The largest absolute Gasteiger partial charge is 0.481 e. The van der Waals surface area contributed by atoms with E-state index in [2.05, 4.69) is 5.32 Å². The van der Waals surface area contributed by atoms with Crippen LogP contribution in [0.15, 0.2) is 24.3 Å². The third-order valence-corrected chi connectivity index (χ3v) is 3.22. The standard InChI is InChI=1S/C14H18N2O4/c17-12-5-2-6-16(9-12)14(20)15-11-4-1-3-10(7-11)8-13(18)19/h1,3-4,7,12,17H,2,5-6,8-9H2,(H,15,20)(H,18,19). The number of carbonyl (C=O) groups is 2. The summed E-state index contributed by atoms with van der Waals surface area (Å²) in [5, 5.41) is 21.0. The number of β-amino-alcohol motifs (C(OH)–C–C–N with tert-alkyl or cyclic N) is 1. The molecule has 1 aliphatic rings. The van der Waals surface area contributed by atoms with Gasteiger partial charge in [-0.05, 0) is 30.5 Å². The molecule has 1 saturated heterocycles. The molecule has 20 heavy (non-hydrogen) atoms. The van der Waals surface area contributed by atoms with E-state index in [9.17, 15) is 14.7 Å². The number of piperidine rings is 1. The van der Waals surface area contributed by atoms with Gasteiger partial charge in [0.2, 0.25) is 0 Å². The van der Waals surface area contributed by atoms with Crippen LogP contribution < -0.4 is 5.32 Å². The monoisotopic (exact) mass is 278 g/mol. The first kappa shape index (κ1) is 14.3. The van der Waals surface area contributed by atoms with Crippen LogP contribution in [0.3, 0.4) is 0 Å². The quantitative estimate of drug-likeness (QED) is 0.777. The van der Waals surface area contributed by atoms with Gasteiger partial charge in [-0.15, -0.1) is 0 Å². The lowest BCUT2D eigenvalue weighted by Gasteiger charge is -2.30. The number of aliphatic hydroxyl groups excluding tert-OH is 1. The summed E-state index contributed by atoms with van der Waals surface area (Å²) in [5.41, 5.74) is 1.20. The molecule has 1 aromatic carbocycles. The van der Waals surface area contributed by atoms with Crippen molar-refractivity contribution in [1.29, 1.82) is 0 Å². The summed E-state index contributed by atoms with van der Waals surface area (Å²) in [5.74, 6) is -0.910. The van der Waals surface area contributed by atoms with E-state index >= 15 is 0 Å². The first-order chi connectivity index (χ1) is 9.54. The number of aliphatic hydroxyl groups is 1. The van der Waals surface area contributed by atoms with Crippen molar-refractivity contribution < 1.29 is 19.8 Å². The molecule has 0 bridgehead atoms. The van der Waals surface area contributed by atoms with E-state index in [-0.39, 0.29) is 12.5 Å². The van der Waals surface area contributed by atoms with Gasteiger partial charge in [0.15, 0.2) is 0 Å². The van der Waals surface area contributed by atoms with Gasteiger partial charge in [0.05, 0.1) is 12.5 Å². The summed E-state index contributed by atoms with van der Waals surface area (Å²) in [6, 6.07) is 6.50. The number of urea groups is 1. The van der Waals surface area contributed by atoms with Crippen molar-refractivity contribution in [3.8, 4) is 0 Å². The normalized spacial score (nSPS) is 18.6. The van der Waals surface area contributed by atoms with Crippen molar-refractivity contribution in [2.45, 2.75) is 25.4 Å². The first-order valence-corrected chi connectivity index (χ1v) is 6.59. The number of anilines is 1. The zero-order valence-electron chi connectivity index (χ0n) is 11.1. The Morgan fingerprint density at radius 2 is 2.20 bits per heavy atom. The number of carboxylic acid groups (broad SMARTS) is 1. The van der Waals surface area contributed by atoms with E-state index in [0.717, 1.165) is 12.8 Å². The second kappa shape index (κ2) is 6.38. The number of rotatable bonds is 3. The van der Waals surface area contributed by atoms with Gasteiger partial charge in [0.1, 0.15) is 0 Å². The second-order valence-corrected chi connectivity index (χ2v) is 4.94. The number of carboxylic acids is 1. The summed E-state index contributed by atoms with van der Waals surface area (Å²) in [6.45, 7) is 0.957. The van der Waals surface area contributed by atoms with Crippen LogP contribution in [0.5, 0.6) is 0 Å². The van der Waals surface area contributed by atoms with Gasteiger partial charge in [-0.25, -0.2) is 4.79 Å². The summed E-state index contributed by atoms with van der Waals surface area (Å²) in [6.07, 6.45) is 0.963. The minimum atomic E-state index is -0.910. The van der Waals surface area contributed by atoms with Crippen molar-refractivity contribution in [1.82, 2.24) is 4.90 Å². The predicted molar refractivity (Wildman–Crippen MR) is 73.6 cm³/mol. The van der Waals surface area contributed by atoms with Crippen LogP contribution in [0.25, 0.3) is 0 Å². The highest BCUT2D eigenvalue weighted by molar-refractivity contribution is 5.89. The molecule has 6 nitrogen and oxygen atoms in total. The topological polar surface area (TPSA) is 89.9 Å². The third-order valence-electron chi connectivity index (χ3n) is 3.22. The molecule has 3 N–H and O–H groups in total. The number of likely N-dealkylation sites (tertiary alicyclic amines) is 1.